The normalized spacial score (nSPS) is 23.2. The van der Waals surface area contributed by atoms with Gasteiger partial charge in [0.05, 0.1) is 12.7 Å². The first-order valence-electron chi connectivity index (χ1n) is 22.1. The van der Waals surface area contributed by atoms with Crippen LogP contribution in [0.1, 0.15) is 130 Å². The molecule has 2 fully saturated rings. The molecule has 4 aromatic carbocycles. The fraction of sp³-hybridized carbons (Fsp3) is 0.389. The molecule has 4 aliphatic carbocycles. The Morgan fingerprint density at radius 2 is 1.17 bits per heavy atom. The van der Waals surface area contributed by atoms with E-state index in [0.29, 0.717) is 61.1 Å². The van der Waals surface area contributed by atoms with Crippen molar-refractivity contribution in [2.45, 2.75) is 114 Å². The van der Waals surface area contributed by atoms with E-state index in [4.69, 9.17) is 4.74 Å². The molecule has 0 radical (unpaired) electrons. The van der Waals surface area contributed by atoms with Crippen LogP contribution in [-0.2, 0) is 57.3 Å². The lowest BCUT2D eigenvalue weighted by Crippen LogP contribution is -2.42. The molecule has 9 rings (SSSR count). The van der Waals surface area contributed by atoms with Gasteiger partial charge in [0.2, 0.25) is 0 Å². The summed E-state index contributed by atoms with van der Waals surface area (Å²) in [7, 11) is 1.42. The lowest BCUT2D eigenvalue weighted by atomic mass is 9.58. The lowest BCUT2D eigenvalue weighted by Gasteiger charge is -2.44. The first-order valence-corrected chi connectivity index (χ1v) is 22.1. The molecule has 1 aromatic heterocycles. The van der Waals surface area contributed by atoms with Crippen LogP contribution in [-0.4, -0.2) is 35.4 Å². The van der Waals surface area contributed by atoms with E-state index in [9.17, 15) is 19.2 Å². The van der Waals surface area contributed by atoms with Gasteiger partial charge in [-0.25, -0.2) is 4.79 Å². The van der Waals surface area contributed by atoms with Crippen molar-refractivity contribution in [1.29, 1.82) is 0 Å². The molecule has 0 saturated heterocycles. The van der Waals surface area contributed by atoms with Crippen LogP contribution in [0.5, 0.6) is 0 Å². The number of aryl methyl sites for hydroxylation is 3. The van der Waals surface area contributed by atoms with Gasteiger partial charge in [0.25, 0.3) is 0 Å². The predicted molar refractivity (Wildman–Crippen MR) is 235 cm³/mol. The Balaban J connectivity index is 0.000000170. The van der Waals surface area contributed by atoms with E-state index in [1.54, 1.807) is 6.20 Å². The number of esters is 1. The number of rotatable bonds is 8. The summed E-state index contributed by atoms with van der Waals surface area (Å²) in [5, 5.41) is 0. The largest absolute Gasteiger partial charge is 0.465 e. The summed E-state index contributed by atoms with van der Waals surface area (Å²) >= 11 is 0. The summed E-state index contributed by atoms with van der Waals surface area (Å²) in [4.78, 5) is 54.2. The Labute approximate surface area is 355 Å². The molecular weight excluding hydrogens is 743 g/mol. The fourth-order valence-electron chi connectivity index (χ4n) is 11.4. The van der Waals surface area contributed by atoms with Crippen LogP contribution in [0.3, 0.4) is 0 Å². The Bertz CT molecular complexity index is 2370. The van der Waals surface area contributed by atoms with E-state index >= 15 is 0 Å². The monoisotopic (exact) mass is 799 g/mol. The van der Waals surface area contributed by atoms with Crippen LogP contribution in [0.25, 0.3) is 0 Å². The van der Waals surface area contributed by atoms with Gasteiger partial charge < -0.3 is 4.74 Å². The number of carbonyl (C=O) groups is 4. The molecule has 0 bridgehead atoms. The molecule has 1 heterocycles. The molecular formula is C54H57NO5. The third-order valence-electron chi connectivity index (χ3n) is 14.4. The van der Waals surface area contributed by atoms with Crippen molar-refractivity contribution < 1.29 is 23.9 Å². The molecule has 0 amide bonds. The first-order chi connectivity index (χ1) is 29.2. The smallest absolute Gasteiger partial charge is 0.337 e. The van der Waals surface area contributed by atoms with E-state index in [-0.39, 0.29) is 22.6 Å². The van der Waals surface area contributed by atoms with Crippen molar-refractivity contribution in [1.82, 2.24) is 4.98 Å². The number of aromatic nitrogens is 1. The molecule has 5 aromatic rings. The molecule has 4 atom stereocenters. The quantitative estimate of drug-likeness (QED) is 0.115. The number of pyridine rings is 1. The second-order valence-corrected chi connectivity index (χ2v) is 17.9. The Kier molecular flexibility index (Phi) is 12.4. The second-order valence-electron chi connectivity index (χ2n) is 17.9. The molecule has 2 saturated carbocycles. The molecule has 308 valence electrons. The number of nitrogens with zero attached hydrogens (tertiary/aromatic N) is 1. The van der Waals surface area contributed by atoms with Crippen molar-refractivity contribution in [3.63, 3.8) is 0 Å². The maximum atomic E-state index is 13.2. The first kappa shape index (κ1) is 41.3. The highest BCUT2D eigenvalue weighted by molar-refractivity contribution is 5.98. The lowest BCUT2D eigenvalue weighted by molar-refractivity contribution is -0.124. The number of carbonyl (C=O) groups excluding carboxylic acids is 4. The van der Waals surface area contributed by atoms with E-state index in [1.165, 1.54) is 40.5 Å². The highest BCUT2D eigenvalue weighted by Gasteiger charge is 2.47. The number of Topliss-reactive ketones (excluding diaryl/α,β-unsaturated/α-hetero) is 3. The zero-order chi connectivity index (χ0) is 41.7. The summed E-state index contributed by atoms with van der Waals surface area (Å²) in [6.45, 7) is 1.96. The summed E-state index contributed by atoms with van der Waals surface area (Å²) in [5.74, 6) is 1.42. The summed E-state index contributed by atoms with van der Waals surface area (Å²) < 4.78 is 4.92. The molecule has 6 nitrogen and oxygen atoms in total. The number of ether oxygens (including phenoxy) is 1. The van der Waals surface area contributed by atoms with Gasteiger partial charge in [-0.15, -0.1) is 0 Å². The maximum absolute atomic E-state index is 13.2. The number of benzene rings is 4. The third-order valence-corrected chi connectivity index (χ3v) is 14.4. The van der Waals surface area contributed by atoms with Crippen molar-refractivity contribution in [3.05, 3.63) is 171 Å². The number of methoxy groups -OCH3 is 1. The standard InChI is InChI=1S/C30H31NO2.C24H26O3/c1-21-23(10-6-16-31-21)18-29(33)25-12-13-28-24(17-25)9-5-11-26-19-27(32)14-15-30(26,28)20-22-7-3-2-4-8-22;1-27-23(26)19-10-11-22-18(14-19)8-5-9-20-15-21(25)12-13-24(20,22)16-17-6-3-2-4-7-17/h2-4,6-8,10,12-13,16-17,26H,5,9,11,14-15,18-20H2,1H3;2-4,6-7,10-11,14,20H,5,8-9,12-13,15-16H2,1H3/t26-,30+;20-,24+/m11/s1. The van der Waals surface area contributed by atoms with Gasteiger partial charge in [-0.1, -0.05) is 84.9 Å². The van der Waals surface area contributed by atoms with Gasteiger partial charge in [-0.3, -0.25) is 19.4 Å². The molecule has 4 aliphatic rings. The minimum Gasteiger partial charge on any atom is -0.465 e. The Hall–Kier alpha value is -5.49. The zero-order valence-corrected chi connectivity index (χ0v) is 35.2. The number of hydrogen-bond acceptors (Lipinski definition) is 6. The van der Waals surface area contributed by atoms with Crippen LogP contribution >= 0.6 is 0 Å². The van der Waals surface area contributed by atoms with Crippen molar-refractivity contribution >= 4 is 23.3 Å². The summed E-state index contributed by atoms with van der Waals surface area (Å²) in [5.41, 5.74) is 11.2. The maximum Gasteiger partial charge on any atom is 0.337 e. The molecule has 0 N–H and O–H groups in total. The van der Waals surface area contributed by atoms with Crippen LogP contribution in [0.2, 0.25) is 0 Å². The van der Waals surface area contributed by atoms with E-state index in [2.05, 4.69) is 77.8 Å². The predicted octanol–water partition coefficient (Wildman–Crippen LogP) is 10.7. The summed E-state index contributed by atoms with van der Waals surface area (Å²) in [6, 6.07) is 37.6. The average molecular weight is 800 g/mol. The minimum atomic E-state index is -0.283. The van der Waals surface area contributed by atoms with E-state index in [0.717, 1.165) is 81.0 Å². The topological polar surface area (TPSA) is 90.4 Å². The van der Waals surface area contributed by atoms with Crippen LogP contribution in [0.15, 0.2) is 115 Å². The zero-order valence-electron chi connectivity index (χ0n) is 35.2. The summed E-state index contributed by atoms with van der Waals surface area (Å²) in [6.07, 6.45) is 14.8. The number of fused-ring (bicyclic) bond motifs is 6. The molecule has 60 heavy (non-hydrogen) atoms. The van der Waals surface area contributed by atoms with Crippen LogP contribution in [0, 0.1) is 18.8 Å². The average Bonchev–Trinajstić information content (AvgIpc) is 3.52. The van der Waals surface area contributed by atoms with Crippen LogP contribution in [0.4, 0.5) is 0 Å². The van der Waals surface area contributed by atoms with Crippen molar-refractivity contribution in [2.24, 2.45) is 11.8 Å². The van der Waals surface area contributed by atoms with Gasteiger partial charge in [0, 0.05) is 60.4 Å². The highest BCUT2D eigenvalue weighted by Crippen LogP contribution is 2.52. The minimum absolute atomic E-state index is 0.0181. The molecule has 6 heteroatoms. The second kappa shape index (κ2) is 18.0. The van der Waals surface area contributed by atoms with Gasteiger partial charge in [-0.2, -0.15) is 0 Å². The van der Waals surface area contributed by atoms with Gasteiger partial charge in [0.1, 0.15) is 11.6 Å². The molecule has 0 unspecified atom stereocenters. The SMILES string of the molecule is COC(=O)c1ccc2c(c1)CCC[C@@H]1CC(=O)CC[C@@]21Cc1ccccc1.Cc1ncccc1CC(=O)c1ccc2c(c1)CCC[C@@H]1CC(=O)CC[C@@]21Cc1ccccc1. The highest BCUT2D eigenvalue weighted by atomic mass is 16.5. The Morgan fingerprint density at radius 3 is 1.68 bits per heavy atom. The van der Waals surface area contributed by atoms with Crippen LogP contribution < -0.4 is 0 Å². The Morgan fingerprint density at radius 1 is 0.650 bits per heavy atom. The van der Waals surface area contributed by atoms with Crippen molar-refractivity contribution in [2.75, 3.05) is 7.11 Å². The van der Waals surface area contributed by atoms with Crippen molar-refractivity contribution in [3.8, 4) is 0 Å². The number of hydrogen-bond donors (Lipinski definition) is 0. The van der Waals surface area contributed by atoms with Gasteiger partial charge in [-0.05, 0) is 146 Å². The number of ketones is 3. The third kappa shape index (κ3) is 8.57. The van der Waals surface area contributed by atoms with E-state index in [1.807, 2.05) is 43.3 Å². The molecule has 0 spiro atoms. The van der Waals surface area contributed by atoms with E-state index < -0.39 is 0 Å². The fourth-order valence-corrected chi connectivity index (χ4v) is 11.4. The molecule has 0 aliphatic heterocycles. The van der Waals surface area contributed by atoms with Gasteiger partial charge >= 0.3 is 5.97 Å². The van der Waals surface area contributed by atoms with Gasteiger partial charge in [0.15, 0.2) is 5.78 Å².